The van der Waals surface area contributed by atoms with Crippen LogP contribution in [0.3, 0.4) is 0 Å². The lowest BCUT2D eigenvalue weighted by molar-refractivity contribution is 0.0951. The van der Waals surface area contributed by atoms with Crippen LogP contribution in [-0.4, -0.2) is 60.0 Å². The van der Waals surface area contributed by atoms with E-state index in [9.17, 15) is 4.79 Å². The van der Waals surface area contributed by atoms with Gasteiger partial charge >= 0.3 is 0 Å². The van der Waals surface area contributed by atoms with Crippen LogP contribution < -0.4 is 5.32 Å². The average molecular weight is 380 g/mol. The molecule has 0 spiro atoms. The van der Waals surface area contributed by atoms with Crippen molar-refractivity contribution in [3.05, 3.63) is 72.0 Å². The molecule has 1 aliphatic rings. The molecule has 1 saturated heterocycles. The van der Waals surface area contributed by atoms with Gasteiger partial charge in [-0.1, -0.05) is 54.6 Å². The Hall–Kier alpha value is -2.70. The maximum absolute atomic E-state index is 12.0. The molecule has 2 heterocycles. The fraction of sp³-hybridized carbons (Fsp3) is 0.364. The van der Waals surface area contributed by atoms with E-state index in [0.29, 0.717) is 24.7 Å². The smallest absolute Gasteiger partial charge is 0.273 e. The molecule has 1 aromatic carbocycles. The summed E-state index contributed by atoms with van der Waals surface area (Å²) in [5.74, 6) is 0.353. The van der Waals surface area contributed by atoms with E-state index in [1.807, 2.05) is 13.0 Å². The van der Waals surface area contributed by atoms with Gasteiger partial charge in [0.05, 0.1) is 6.54 Å². The fourth-order valence-electron chi connectivity index (χ4n) is 3.03. The largest absolute Gasteiger partial charge is 0.447 e. The summed E-state index contributed by atoms with van der Waals surface area (Å²) in [4.78, 5) is 21.0. The summed E-state index contributed by atoms with van der Waals surface area (Å²) in [6.45, 7) is 11.6. The number of oxazole rings is 1. The molecule has 0 bridgehead atoms. The van der Waals surface area contributed by atoms with Crippen LogP contribution in [0.5, 0.6) is 0 Å². The zero-order valence-electron chi connectivity index (χ0n) is 16.4. The number of hydrogen-bond acceptors (Lipinski definition) is 5. The van der Waals surface area contributed by atoms with Gasteiger partial charge in [-0.2, -0.15) is 0 Å². The standard InChI is InChI=1S/C22H28N4O2/c1-18(2)15-23-22(27)20-17-28-21(24-20)16-26-13-11-25(12-14-26)10-6-9-19-7-4-3-5-8-19/h3-9,17H,1,10-16H2,2H3,(H,23,27)/b9-6+. The predicted octanol–water partition coefficient (Wildman–Crippen LogP) is 2.81. The Morgan fingerprint density at radius 3 is 2.64 bits per heavy atom. The van der Waals surface area contributed by atoms with E-state index in [-0.39, 0.29) is 5.91 Å². The van der Waals surface area contributed by atoms with Gasteiger partial charge in [0.2, 0.25) is 5.89 Å². The van der Waals surface area contributed by atoms with E-state index in [2.05, 4.69) is 63.1 Å². The summed E-state index contributed by atoms with van der Waals surface area (Å²) in [5, 5.41) is 2.76. The Labute approximate surface area is 166 Å². The Kier molecular flexibility index (Phi) is 7.17. The Morgan fingerprint density at radius 2 is 1.93 bits per heavy atom. The number of nitrogens with zero attached hydrogens (tertiary/aromatic N) is 3. The lowest BCUT2D eigenvalue weighted by Crippen LogP contribution is -2.45. The van der Waals surface area contributed by atoms with Crippen LogP contribution in [0.4, 0.5) is 0 Å². The van der Waals surface area contributed by atoms with Gasteiger partial charge in [-0.15, -0.1) is 0 Å². The van der Waals surface area contributed by atoms with Crippen LogP contribution in [0.2, 0.25) is 0 Å². The van der Waals surface area contributed by atoms with Crippen LogP contribution in [0.25, 0.3) is 6.08 Å². The van der Waals surface area contributed by atoms with Crippen LogP contribution in [0.1, 0.15) is 28.9 Å². The van der Waals surface area contributed by atoms with Crippen molar-refractivity contribution in [3.8, 4) is 0 Å². The molecule has 6 nitrogen and oxygen atoms in total. The summed E-state index contributed by atoms with van der Waals surface area (Å²) in [7, 11) is 0. The zero-order chi connectivity index (χ0) is 19.8. The molecule has 1 amide bonds. The molecule has 1 aromatic heterocycles. The summed E-state index contributed by atoms with van der Waals surface area (Å²) in [5.41, 5.74) is 2.45. The van der Waals surface area contributed by atoms with Gasteiger partial charge in [-0.25, -0.2) is 4.98 Å². The summed E-state index contributed by atoms with van der Waals surface area (Å²) >= 11 is 0. The zero-order valence-corrected chi connectivity index (χ0v) is 16.4. The van der Waals surface area contributed by atoms with Crippen LogP contribution in [0, 0.1) is 0 Å². The SMILES string of the molecule is C=C(C)CNC(=O)c1coc(CN2CCN(C/C=C/c3ccccc3)CC2)n1. The van der Waals surface area contributed by atoms with Crippen molar-refractivity contribution in [3.63, 3.8) is 0 Å². The van der Waals surface area contributed by atoms with Gasteiger partial charge in [0.25, 0.3) is 5.91 Å². The normalized spacial score (nSPS) is 15.8. The van der Waals surface area contributed by atoms with E-state index in [1.54, 1.807) is 0 Å². The highest BCUT2D eigenvalue weighted by Crippen LogP contribution is 2.10. The lowest BCUT2D eigenvalue weighted by atomic mass is 10.2. The van der Waals surface area contributed by atoms with Crippen LogP contribution in [0.15, 0.2) is 59.2 Å². The lowest BCUT2D eigenvalue weighted by Gasteiger charge is -2.33. The second-order valence-electron chi connectivity index (χ2n) is 7.16. The van der Waals surface area contributed by atoms with Gasteiger partial charge in [-0.3, -0.25) is 14.6 Å². The molecular formula is C22H28N4O2. The van der Waals surface area contributed by atoms with Crippen molar-refractivity contribution in [1.29, 1.82) is 0 Å². The molecule has 2 aromatic rings. The van der Waals surface area contributed by atoms with E-state index >= 15 is 0 Å². The van der Waals surface area contributed by atoms with E-state index in [4.69, 9.17) is 4.42 Å². The second kappa shape index (κ2) is 10.0. The Morgan fingerprint density at radius 1 is 1.21 bits per heavy atom. The molecule has 0 atom stereocenters. The van der Waals surface area contributed by atoms with Gasteiger partial charge in [0.1, 0.15) is 6.26 Å². The van der Waals surface area contributed by atoms with Crippen molar-refractivity contribution >= 4 is 12.0 Å². The molecule has 6 heteroatoms. The summed E-state index contributed by atoms with van der Waals surface area (Å²) < 4.78 is 5.48. The first-order valence-electron chi connectivity index (χ1n) is 9.63. The van der Waals surface area contributed by atoms with Gasteiger partial charge < -0.3 is 9.73 Å². The maximum Gasteiger partial charge on any atom is 0.273 e. The summed E-state index contributed by atoms with van der Waals surface area (Å²) in [6.07, 6.45) is 5.81. The number of rotatable bonds is 8. The number of amides is 1. The molecule has 28 heavy (non-hydrogen) atoms. The molecule has 0 radical (unpaired) electrons. The second-order valence-corrected chi connectivity index (χ2v) is 7.16. The molecule has 0 saturated carbocycles. The minimum absolute atomic E-state index is 0.229. The summed E-state index contributed by atoms with van der Waals surface area (Å²) in [6, 6.07) is 10.4. The van der Waals surface area contributed by atoms with Gasteiger partial charge in [0.15, 0.2) is 5.69 Å². The average Bonchev–Trinajstić information content (AvgIpc) is 3.17. The first-order valence-corrected chi connectivity index (χ1v) is 9.63. The Balaban J connectivity index is 1.40. The molecule has 1 fully saturated rings. The van der Waals surface area contributed by atoms with Crippen molar-refractivity contribution in [1.82, 2.24) is 20.1 Å². The van der Waals surface area contributed by atoms with E-state index < -0.39 is 0 Å². The maximum atomic E-state index is 12.0. The fourth-order valence-corrected chi connectivity index (χ4v) is 3.03. The highest BCUT2D eigenvalue weighted by atomic mass is 16.3. The van der Waals surface area contributed by atoms with E-state index in [0.717, 1.165) is 38.3 Å². The predicted molar refractivity (Wildman–Crippen MR) is 111 cm³/mol. The van der Waals surface area contributed by atoms with Gasteiger partial charge in [-0.05, 0) is 12.5 Å². The number of carbonyl (C=O) groups is 1. The quantitative estimate of drug-likeness (QED) is 0.714. The van der Waals surface area contributed by atoms with Crippen molar-refractivity contribution in [2.24, 2.45) is 0 Å². The van der Waals surface area contributed by atoms with Crippen molar-refractivity contribution in [2.45, 2.75) is 13.5 Å². The third-order valence-corrected chi connectivity index (χ3v) is 4.63. The van der Waals surface area contributed by atoms with Gasteiger partial charge in [0, 0.05) is 39.3 Å². The van der Waals surface area contributed by atoms with Crippen molar-refractivity contribution < 1.29 is 9.21 Å². The van der Waals surface area contributed by atoms with E-state index in [1.165, 1.54) is 11.8 Å². The Bertz CT molecular complexity index is 805. The van der Waals surface area contributed by atoms with Crippen molar-refractivity contribution in [2.75, 3.05) is 39.3 Å². The highest BCUT2D eigenvalue weighted by molar-refractivity contribution is 5.92. The first-order chi connectivity index (χ1) is 13.6. The number of nitrogens with one attached hydrogen (secondary N) is 1. The highest BCUT2D eigenvalue weighted by Gasteiger charge is 2.19. The minimum atomic E-state index is -0.229. The first kappa shape index (κ1) is 20.0. The third-order valence-electron chi connectivity index (χ3n) is 4.63. The number of carbonyl (C=O) groups excluding carboxylic acids is 1. The monoisotopic (exact) mass is 380 g/mol. The third kappa shape index (κ3) is 6.18. The number of hydrogen-bond donors (Lipinski definition) is 1. The molecule has 148 valence electrons. The number of benzene rings is 1. The molecule has 0 aliphatic carbocycles. The minimum Gasteiger partial charge on any atom is -0.447 e. The van der Waals surface area contributed by atoms with Crippen LogP contribution in [-0.2, 0) is 6.54 Å². The molecule has 0 unspecified atom stereocenters. The van der Waals surface area contributed by atoms with Crippen LogP contribution >= 0.6 is 0 Å². The molecular weight excluding hydrogens is 352 g/mol. The number of aromatic nitrogens is 1. The molecule has 1 N–H and O–H groups in total. The topological polar surface area (TPSA) is 61.6 Å². The number of piperazine rings is 1. The molecule has 1 aliphatic heterocycles. The molecule has 3 rings (SSSR count).